The van der Waals surface area contributed by atoms with E-state index in [2.05, 4.69) is 28.3 Å². The lowest BCUT2D eigenvalue weighted by molar-refractivity contribution is 0.725. The van der Waals surface area contributed by atoms with Crippen molar-refractivity contribution in [3.05, 3.63) is 30.1 Å². The molecular weight excluding hydrogens is 162 g/mol. The van der Waals surface area contributed by atoms with Gasteiger partial charge in [0.1, 0.15) is 5.65 Å². The molecule has 0 bridgehead atoms. The Morgan fingerprint density at radius 1 is 1.54 bits per heavy atom. The van der Waals surface area contributed by atoms with E-state index in [9.17, 15) is 0 Å². The Bertz CT molecular complexity index is 392. The quantitative estimate of drug-likeness (QED) is 0.745. The van der Waals surface area contributed by atoms with Crippen LogP contribution in [0.4, 0.5) is 0 Å². The van der Waals surface area contributed by atoms with Crippen molar-refractivity contribution in [1.29, 1.82) is 0 Å². The van der Waals surface area contributed by atoms with Crippen molar-refractivity contribution in [2.45, 2.75) is 13.5 Å². The normalized spacial score (nSPS) is 10.8. The van der Waals surface area contributed by atoms with Gasteiger partial charge >= 0.3 is 0 Å². The number of rotatable bonds is 3. The van der Waals surface area contributed by atoms with Crippen LogP contribution in [0.3, 0.4) is 0 Å². The van der Waals surface area contributed by atoms with Gasteiger partial charge in [-0.25, -0.2) is 4.98 Å². The first kappa shape index (κ1) is 8.26. The van der Waals surface area contributed by atoms with E-state index < -0.39 is 0 Å². The highest BCUT2D eigenvalue weighted by molar-refractivity contribution is 5.75. The number of H-pyrrole nitrogens is 1. The number of hydrogen-bond acceptors (Lipinski definition) is 2. The second-order valence-corrected chi connectivity index (χ2v) is 3.04. The van der Waals surface area contributed by atoms with Gasteiger partial charge < -0.3 is 10.3 Å². The van der Waals surface area contributed by atoms with Crippen LogP contribution in [0.15, 0.2) is 24.5 Å². The van der Waals surface area contributed by atoms with E-state index in [0.717, 1.165) is 18.7 Å². The van der Waals surface area contributed by atoms with E-state index in [1.165, 1.54) is 10.9 Å². The van der Waals surface area contributed by atoms with Crippen LogP contribution in [-0.2, 0) is 6.54 Å². The molecule has 2 N–H and O–H groups in total. The van der Waals surface area contributed by atoms with Crippen LogP contribution in [0.1, 0.15) is 12.5 Å². The lowest BCUT2D eigenvalue weighted by Gasteiger charge is -2.00. The summed E-state index contributed by atoms with van der Waals surface area (Å²) >= 11 is 0. The fourth-order valence-electron chi connectivity index (χ4n) is 1.35. The number of hydrogen-bond donors (Lipinski definition) is 2. The van der Waals surface area contributed by atoms with E-state index in [1.807, 2.05) is 18.5 Å². The van der Waals surface area contributed by atoms with Crippen LogP contribution >= 0.6 is 0 Å². The predicted octanol–water partition coefficient (Wildman–Crippen LogP) is 1.67. The van der Waals surface area contributed by atoms with E-state index >= 15 is 0 Å². The molecule has 0 amide bonds. The number of aromatic nitrogens is 2. The average Bonchev–Trinajstić information content (AvgIpc) is 2.61. The molecule has 3 nitrogen and oxygen atoms in total. The van der Waals surface area contributed by atoms with E-state index in [1.54, 1.807) is 0 Å². The summed E-state index contributed by atoms with van der Waals surface area (Å²) in [5, 5.41) is 4.45. The SMILES string of the molecule is CCNCc1cnc2[nH]ccc2c1. The zero-order valence-corrected chi connectivity index (χ0v) is 7.67. The van der Waals surface area contributed by atoms with Gasteiger partial charge in [0.25, 0.3) is 0 Å². The first-order valence-corrected chi connectivity index (χ1v) is 4.53. The number of aromatic amines is 1. The first-order chi connectivity index (χ1) is 6.40. The van der Waals surface area contributed by atoms with E-state index in [0.29, 0.717) is 0 Å². The van der Waals surface area contributed by atoms with Gasteiger partial charge in [-0.15, -0.1) is 0 Å². The molecule has 0 saturated heterocycles. The Hall–Kier alpha value is -1.35. The maximum Gasteiger partial charge on any atom is 0.137 e. The number of pyridine rings is 1. The van der Waals surface area contributed by atoms with Crippen LogP contribution in [0.2, 0.25) is 0 Å². The Morgan fingerprint density at radius 3 is 3.31 bits per heavy atom. The topological polar surface area (TPSA) is 40.7 Å². The van der Waals surface area contributed by atoms with Crippen molar-refractivity contribution in [2.24, 2.45) is 0 Å². The maximum atomic E-state index is 4.30. The molecule has 2 aromatic heterocycles. The molecule has 0 aliphatic carbocycles. The molecule has 0 unspecified atom stereocenters. The Balaban J connectivity index is 2.26. The zero-order valence-electron chi connectivity index (χ0n) is 7.67. The summed E-state index contributed by atoms with van der Waals surface area (Å²) in [6, 6.07) is 4.19. The van der Waals surface area contributed by atoms with Gasteiger partial charge in [0.2, 0.25) is 0 Å². The molecule has 0 aromatic carbocycles. The summed E-state index contributed by atoms with van der Waals surface area (Å²) in [5.41, 5.74) is 2.19. The summed E-state index contributed by atoms with van der Waals surface area (Å²) in [4.78, 5) is 7.37. The summed E-state index contributed by atoms with van der Waals surface area (Å²) < 4.78 is 0. The molecule has 2 aromatic rings. The van der Waals surface area contributed by atoms with Crippen molar-refractivity contribution < 1.29 is 0 Å². The Morgan fingerprint density at radius 2 is 2.46 bits per heavy atom. The smallest absolute Gasteiger partial charge is 0.137 e. The molecule has 0 aliphatic heterocycles. The highest BCUT2D eigenvalue weighted by Crippen LogP contribution is 2.10. The minimum atomic E-state index is 0.893. The van der Waals surface area contributed by atoms with Crippen molar-refractivity contribution >= 4 is 11.0 Å². The molecular formula is C10H13N3. The summed E-state index contributed by atoms with van der Waals surface area (Å²) in [5.74, 6) is 0. The second kappa shape index (κ2) is 3.58. The molecule has 3 heteroatoms. The molecule has 0 spiro atoms. The molecule has 2 heterocycles. The lowest BCUT2D eigenvalue weighted by Crippen LogP contribution is -2.11. The van der Waals surface area contributed by atoms with Gasteiger partial charge in [0.05, 0.1) is 0 Å². The lowest BCUT2D eigenvalue weighted by atomic mass is 10.2. The number of nitrogens with one attached hydrogen (secondary N) is 2. The number of fused-ring (bicyclic) bond motifs is 1. The van der Waals surface area contributed by atoms with Crippen molar-refractivity contribution in [3.8, 4) is 0 Å². The van der Waals surface area contributed by atoms with Gasteiger partial charge in [-0.05, 0) is 24.2 Å². The Kier molecular flexibility index (Phi) is 2.27. The molecule has 2 rings (SSSR count). The molecule has 13 heavy (non-hydrogen) atoms. The molecule has 0 radical (unpaired) electrons. The largest absolute Gasteiger partial charge is 0.346 e. The summed E-state index contributed by atoms with van der Waals surface area (Å²) in [6.07, 6.45) is 3.82. The van der Waals surface area contributed by atoms with Gasteiger partial charge in [0.15, 0.2) is 0 Å². The van der Waals surface area contributed by atoms with Crippen LogP contribution in [-0.4, -0.2) is 16.5 Å². The van der Waals surface area contributed by atoms with Crippen molar-refractivity contribution in [3.63, 3.8) is 0 Å². The van der Waals surface area contributed by atoms with Gasteiger partial charge in [-0.2, -0.15) is 0 Å². The predicted molar refractivity (Wildman–Crippen MR) is 53.5 cm³/mol. The fraction of sp³-hybridized carbons (Fsp3) is 0.300. The summed E-state index contributed by atoms with van der Waals surface area (Å²) in [7, 11) is 0. The second-order valence-electron chi connectivity index (χ2n) is 3.04. The van der Waals surface area contributed by atoms with Crippen LogP contribution in [0.25, 0.3) is 11.0 Å². The average molecular weight is 175 g/mol. The van der Waals surface area contributed by atoms with Crippen molar-refractivity contribution in [1.82, 2.24) is 15.3 Å². The molecule has 0 atom stereocenters. The van der Waals surface area contributed by atoms with Gasteiger partial charge in [-0.3, -0.25) is 0 Å². The van der Waals surface area contributed by atoms with Gasteiger partial charge in [0, 0.05) is 24.3 Å². The molecule has 0 aliphatic rings. The first-order valence-electron chi connectivity index (χ1n) is 4.53. The van der Waals surface area contributed by atoms with Crippen LogP contribution < -0.4 is 5.32 Å². The van der Waals surface area contributed by atoms with Crippen LogP contribution in [0.5, 0.6) is 0 Å². The van der Waals surface area contributed by atoms with Crippen molar-refractivity contribution in [2.75, 3.05) is 6.54 Å². The molecule has 0 fully saturated rings. The monoisotopic (exact) mass is 175 g/mol. The van der Waals surface area contributed by atoms with Crippen LogP contribution in [0, 0.1) is 0 Å². The standard InChI is InChI=1S/C10H13N3/c1-2-11-6-8-5-9-3-4-12-10(9)13-7-8/h3-5,7,11H,2,6H2,1H3,(H,12,13). The molecule has 68 valence electrons. The van der Waals surface area contributed by atoms with E-state index in [4.69, 9.17) is 0 Å². The zero-order chi connectivity index (χ0) is 9.10. The molecule has 0 saturated carbocycles. The third-order valence-corrected chi connectivity index (χ3v) is 2.04. The Labute approximate surface area is 77.2 Å². The fourth-order valence-corrected chi connectivity index (χ4v) is 1.35. The minimum absolute atomic E-state index is 0.893. The minimum Gasteiger partial charge on any atom is -0.346 e. The highest BCUT2D eigenvalue weighted by atomic mass is 14.9. The highest BCUT2D eigenvalue weighted by Gasteiger charge is 1.97. The van der Waals surface area contributed by atoms with E-state index in [-0.39, 0.29) is 0 Å². The third kappa shape index (κ3) is 1.70. The number of nitrogens with zero attached hydrogens (tertiary/aromatic N) is 1. The summed E-state index contributed by atoms with van der Waals surface area (Å²) in [6.45, 7) is 3.98. The third-order valence-electron chi connectivity index (χ3n) is 2.04. The maximum absolute atomic E-state index is 4.30. The van der Waals surface area contributed by atoms with Gasteiger partial charge in [-0.1, -0.05) is 6.92 Å².